The zero-order chi connectivity index (χ0) is 17.6. The number of hydrogen-bond acceptors (Lipinski definition) is 2. The Labute approximate surface area is 140 Å². The van der Waals surface area contributed by atoms with Gasteiger partial charge in [0, 0.05) is 32.7 Å². The minimum Gasteiger partial charge on any atom is -0.352 e. The average molecular weight is 338 g/mol. The van der Waals surface area contributed by atoms with Crippen molar-refractivity contribution in [1.82, 2.24) is 15.5 Å². The van der Waals surface area contributed by atoms with Gasteiger partial charge in [0.25, 0.3) is 0 Å². The Balaban J connectivity index is 1.84. The maximum Gasteiger partial charge on any atom is 0.416 e. The lowest BCUT2D eigenvalue weighted by molar-refractivity contribution is -0.137. The summed E-state index contributed by atoms with van der Waals surface area (Å²) in [4.78, 5) is 6.31. The Morgan fingerprint density at radius 2 is 2.08 bits per heavy atom. The van der Waals surface area contributed by atoms with Gasteiger partial charge in [-0.1, -0.05) is 18.1 Å². The maximum atomic E-state index is 12.6. The van der Waals surface area contributed by atoms with Crippen LogP contribution in [0.3, 0.4) is 0 Å². The van der Waals surface area contributed by atoms with Gasteiger partial charge in [0.2, 0.25) is 0 Å². The third-order valence-corrected chi connectivity index (χ3v) is 3.88. The summed E-state index contributed by atoms with van der Waals surface area (Å²) < 4.78 is 37.7. The van der Waals surface area contributed by atoms with Gasteiger partial charge < -0.3 is 10.6 Å². The van der Waals surface area contributed by atoms with E-state index in [4.69, 9.17) is 6.42 Å². The minimum absolute atomic E-state index is 0.239. The summed E-state index contributed by atoms with van der Waals surface area (Å²) in [6.45, 7) is 2.72. The highest BCUT2D eigenvalue weighted by Crippen LogP contribution is 2.29. The lowest BCUT2D eigenvalue weighted by atomic mass is 10.1. The molecule has 1 aliphatic heterocycles. The van der Waals surface area contributed by atoms with Gasteiger partial charge in [-0.05, 0) is 24.1 Å². The summed E-state index contributed by atoms with van der Waals surface area (Å²) in [6.07, 6.45) is 1.86. The molecule has 1 atom stereocenters. The quantitative estimate of drug-likeness (QED) is 0.502. The van der Waals surface area contributed by atoms with Gasteiger partial charge in [-0.2, -0.15) is 13.2 Å². The molecule has 0 aliphatic carbocycles. The molecule has 130 valence electrons. The number of likely N-dealkylation sites (tertiary alicyclic amines) is 1. The van der Waals surface area contributed by atoms with E-state index in [9.17, 15) is 13.2 Å². The first-order chi connectivity index (χ1) is 11.4. The first-order valence-corrected chi connectivity index (χ1v) is 7.71. The average Bonchev–Trinajstić information content (AvgIpc) is 2.98. The fourth-order valence-corrected chi connectivity index (χ4v) is 2.67. The van der Waals surface area contributed by atoms with Crippen LogP contribution in [0.2, 0.25) is 0 Å². The lowest BCUT2D eigenvalue weighted by Gasteiger charge is -2.18. The Morgan fingerprint density at radius 3 is 2.67 bits per heavy atom. The van der Waals surface area contributed by atoms with Gasteiger partial charge in [-0.25, -0.2) is 0 Å². The number of hydrogen-bond donors (Lipinski definition) is 2. The molecule has 4 nitrogen and oxygen atoms in total. The number of nitrogens with one attached hydrogen (secondary N) is 2. The molecule has 0 spiro atoms. The van der Waals surface area contributed by atoms with Gasteiger partial charge in [-0.15, -0.1) is 6.42 Å². The highest BCUT2D eigenvalue weighted by Gasteiger charge is 2.30. The normalized spacial score (nSPS) is 19.1. The second-order valence-electron chi connectivity index (χ2n) is 5.69. The number of aliphatic imine (C=N–C) groups is 1. The smallest absolute Gasteiger partial charge is 0.352 e. The fourth-order valence-electron chi connectivity index (χ4n) is 2.67. The Hall–Kier alpha value is -2.20. The van der Waals surface area contributed by atoms with E-state index in [-0.39, 0.29) is 6.04 Å². The molecule has 2 N–H and O–H groups in total. The molecule has 0 saturated carbocycles. The Morgan fingerprint density at radius 1 is 1.38 bits per heavy atom. The lowest BCUT2D eigenvalue weighted by Crippen LogP contribution is -2.44. The molecule has 0 radical (unpaired) electrons. The van der Waals surface area contributed by atoms with Crippen LogP contribution in [-0.2, 0) is 12.7 Å². The van der Waals surface area contributed by atoms with Crippen LogP contribution in [0.1, 0.15) is 17.5 Å². The van der Waals surface area contributed by atoms with Crippen molar-refractivity contribution in [3.63, 3.8) is 0 Å². The van der Waals surface area contributed by atoms with E-state index < -0.39 is 11.7 Å². The summed E-state index contributed by atoms with van der Waals surface area (Å²) in [5.74, 6) is 3.15. The first-order valence-electron chi connectivity index (χ1n) is 7.71. The van der Waals surface area contributed by atoms with Crippen molar-refractivity contribution in [2.75, 3.05) is 26.7 Å². The van der Waals surface area contributed by atoms with Crippen LogP contribution in [0.4, 0.5) is 13.2 Å². The van der Waals surface area contributed by atoms with Gasteiger partial charge in [0.05, 0.1) is 12.1 Å². The zero-order valence-electron chi connectivity index (χ0n) is 13.5. The van der Waals surface area contributed by atoms with Crippen LogP contribution in [0.15, 0.2) is 29.3 Å². The van der Waals surface area contributed by atoms with Crippen LogP contribution in [0.25, 0.3) is 0 Å². The van der Waals surface area contributed by atoms with Crippen molar-refractivity contribution in [2.45, 2.75) is 25.2 Å². The van der Waals surface area contributed by atoms with Crippen LogP contribution in [0, 0.1) is 12.3 Å². The molecule has 24 heavy (non-hydrogen) atoms. The molecule has 1 aromatic carbocycles. The van der Waals surface area contributed by atoms with E-state index in [0.29, 0.717) is 19.0 Å². The fraction of sp³-hybridized carbons (Fsp3) is 0.471. The number of alkyl halides is 3. The number of terminal acetylenes is 1. The Kier molecular flexibility index (Phi) is 6.10. The van der Waals surface area contributed by atoms with E-state index in [0.717, 1.165) is 37.2 Å². The minimum atomic E-state index is -4.29. The number of benzene rings is 1. The van der Waals surface area contributed by atoms with Crippen molar-refractivity contribution in [2.24, 2.45) is 4.99 Å². The molecule has 0 bridgehead atoms. The van der Waals surface area contributed by atoms with Gasteiger partial charge >= 0.3 is 6.18 Å². The SMILES string of the molecule is C#CCNC(=NC)NC1CCN(Cc2ccc(C(F)(F)F)cc2)C1. The Bertz CT molecular complexity index is 602. The molecular weight excluding hydrogens is 317 g/mol. The predicted octanol–water partition coefficient (Wildman–Crippen LogP) is 2.08. The van der Waals surface area contributed by atoms with Gasteiger partial charge in [0.15, 0.2) is 5.96 Å². The van der Waals surface area contributed by atoms with E-state index in [1.807, 2.05) is 0 Å². The summed E-state index contributed by atoms with van der Waals surface area (Å²) in [5.41, 5.74) is 0.258. The predicted molar refractivity (Wildman–Crippen MR) is 88.5 cm³/mol. The van der Waals surface area contributed by atoms with Crippen molar-refractivity contribution in [3.05, 3.63) is 35.4 Å². The molecule has 1 fully saturated rings. The van der Waals surface area contributed by atoms with Gasteiger partial charge in [0.1, 0.15) is 0 Å². The van der Waals surface area contributed by atoms with E-state index in [2.05, 4.69) is 26.4 Å². The third kappa shape index (κ3) is 5.17. The molecule has 1 aromatic rings. The summed E-state index contributed by atoms with van der Waals surface area (Å²) in [5, 5.41) is 6.31. The number of halogens is 3. The molecule has 1 saturated heterocycles. The van der Waals surface area contributed by atoms with Crippen molar-refractivity contribution in [3.8, 4) is 12.3 Å². The van der Waals surface area contributed by atoms with Crippen LogP contribution < -0.4 is 10.6 Å². The molecule has 2 rings (SSSR count). The molecule has 1 aliphatic rings. The monoisotopic (exact) mass is 338 g/mol. The maximum absolute atomic E-state index is 12.6. The molecule has 7 heteroatoms. The highest BCUT2D eigenvalue weighted by atomic mass is 19.4. The second kappa shape index (κ2) is 8.06. The van der Waals surface area contributed by atoms with E-state index in [1.165, 1.54) is 12.1 Å². The summed E-state index contributed by atoms with van der Waals surface area (Å²) in [7, 11) is 1.68. The number of nitrogens with zero attached hydrogens (tertiary/aromatic N) is 2. The third-order valence-electron chi connectivity index (χ3n) is 3.88. The van der Waals surface area contributed by atoms with E-state index in [1.54, 1.807) is 7.05 Å². The molecule has 0 amide bonds. The number of guanidine groups is 1. The highest BCUT2D eigenvalue weighted by molar-refractivity contribution is 5.80. The number of rotatable bonds is 4. The topological polar surface area (TPSA) is 39.7 Å². The molecule has 0 aromatic heterocycles. The van der Waals surface area contributed by atoms with E-state index >= 15 is 0 Å². The van der Waals surface area contributed by atoms with Crippen LogP contribution in [0.5, 0.6) is 0 Å². The zero-order valence-corrected chi connectivity index (χ0v) is 13.5. The van der Waals surface area contributed by atoms with Crippen molar-refractivity contribution < 1.29 is 13.2 Å². The molecule has 1 unspecified atom stereocenters. The van der Waals surface area contributed by atoms with Gasteiger partial charge in [-0.3, -0.25) is 9.89 Å². The van der Waals surface area contributed by atoms with Crippen molar-refractivity contribution in [1.29, 1.82) is 0 Å². The van der Waals surface area contributed by atoms with Crippen LogP contribution in [-0.4, -0.2) is 43.6 Å². The second-order valence-corrected chi connectivity index (χ2v) is 5.69. The summed E-state index contributed by atoms with van der Waals surface area (Å²) >= 11 is 0. The standard InChI is InChI=1S/C17H21F3N4/c1-3-9-22-16(21-2)23-15-8-10-24(12-15)11-13-4-6-14(7-5-13)17(18,19)20/h1,4-7,15H,8-12H2,2H3,(H2,21,22,23). The summed E-state index contributed by atoms with van der Waals surface area (Å²) in [6, 6.07) is 5.58. The van der Waals surface area contributed by atoms with Crippen LogP contribution >= 0.6 is 0 Å². The molecule has 1 heterocycles. The first kappa shape index (κ1) is 18.1. The largest absolute Gasteiger partial charge is 0.416 e. The van der Waals surface area contributed by atoms with Crippen molar-refractivity contribution >= 4 is 5.96 Å². The molecular formula is C17H21F3N4.